The highest BCUT2D eigenvalue weighted by Crippen LogP contribution is 2.49. The van der Waals surface area contributed by atoms with Crippen LogP contribution >= 0.6 is 0 Å². The first-order valence-corrected chi connectivity index (χ1v) is 6.48. The van der Waals surface area contributed by atoms with E-state index in [1.807, 2.05) is 0 Å². The molecule has 1 atom stereocenters. The lowest BCUT2D eigenvalue weighted by atomic mass is 9.61. The van der Waals surface area contributed by atoms with Crippen molar-refractivity contribution in [2.24, 2.45) is 5.41 Å². The second-order valence-electron chi connectivity index (χ2n) is 5.93. The topological polar surface area (TPSA) is 20.2 Å². The molecule has 0 aromatic rings. The predicted molar refractivity (Wildman–Crippen MR) is 63.7 cm³/mol. The number of rotatable bonds is 1. The van der Waals surface area contributed by atoms with Crippen molar-refractivity contribution >= 4 is 0 Å². The summed E-state index contributed by atoms with van der Waals surface area (Å²) in [5.74, 6) is 0. The molecule has 0 aromatic heterocycles. The van der Waals surface area contributed by atoms with Crippen LogP contribution in [0.2, 0.25) is 0 Å². The molecule has 86 valence electrons. The Bertz CT molecular complexity index is 265. The van der Waals surface area contributed by atoms with Gasteiger partial charge in [0, 0.05) is 0 Å². The van der Waals surface area contributed by atoms with Gasteiger partial charge in [0.1, 0.15) is 0 Å². The molecule has 1 unspecified atom stereocenters. The molecule has 1 fully saturated rings. The Balaban J connectivity index is 2.25. The van der Waals surface area contributed by atoms with Gasteiger partial charge in [-0.3, -0.25) is 0 Å². The monoisotopic (exact) mass is 208 g/mol. The maximum Gasteiger partial charge on any atom is 0.0907 e. The van der Waals surface area contributed by atoms with Gasteiger partial charge in [0.15, 0.2) is 0 Å². The van der Waals surface area contributed by atoms with Crippen molar-refractivity contribution in [2.75, 3.05) is 0 Å². The molecule has 0 aliphatic heterocycles. The molecular formula is C14H24O. The summed E-state index contributed by atoms with van der Waals surface area (Å²) in [6, 6.07) is 0. The maximum atomic E-state index is 11.0. The highest BCUT2D eigenvalue weighted by Gasteiger charge is 2.47. The Morgan fingerprint density at radius 2 is 1.80 bits per heavy atom. The van der Waals surface area contributed by atoms with Crippen molar-refractivity contribution < 1.29 is 5.11 Å². The fourth-order valence-corrected chi connectivity index (χ4v) is 3.30. The molecule has 15 heavy (non-hydrogen) atoms. The summed E-state index contributed by atoms with van der Waals surface area (Å²) >= 11 is 0. The fourth-order valence-electron chi connectivity index (χ4n) is 3.30. The molecule has 1 N–H and O–H groups in total. The van der Waals surface area contributed by atoms with Gasteiger partial charge in [-0.15, -0.1) is 0 Å². The molecule has 0 amide bonds. The molecule has 2 aliphatic rings. The van der Waals surface area contributed by atoms with Crippen molar-refractivity contribution in [1.29, 1.82) is 0 Å². The Hall–Kier alpha value is -0.300. The molecule has 0 spiro atoms. The van der Waals surface area contributed by atoms with Gasteiger partial charge in [0.25, 0.3) is 0 Å². The molecule has 1 heteroatoms. The molecule has 0 saturated heterocycles. The summed E-state index contributed by atoms with van der Waals surface area (Å²) in [6.07, 6.45) is 11.8. The lowest BCUT2D eigenvalue weighted by Gasteiger charge is -2.48. The fraction of sp³-hybridized carbons (Fsp3) is 0.857. The highest BCUT2D eigenvalue weighted by molar-refractivity contribution is 5.23. The average Bonchev–Trinajstić information content (AvgIpc) is 2.24. The summed E-state index contributed by atoms with van der Waals surface area (Å²) in [5.41, 5.74) is 0.929. The van der Waals surface area contributed by atoms with E-state index in [0.717, 1.165) is 12.8 Å². The lowest BCUT2D eigenvalue weighted by molar-refractivity contribution is -0.0691. The Kier molecular flexibility index (Phi) is 2.94. The van der Waals surface area contributed by atoms with E-state index in [1.165, 1.54) is 44.1 Å². The summed E-state index contributed by atoms with van der Waals surface area (Å²) < 4.78 is 0. The van der Waals surface area contributed by atoms with Crippen molar-refractivity contribution in [3.63, 3.8) is 0 Å². The van der Waals surface area contributed by atoms with Gasteiger partial charge in [-0.1, -0.05) is 32.8 Å². The van der Waals surface area contributed by atoms with Gasteiger partial charge < -0.3 is 5.11 Å². The van der Waals surface area contributed by atoms with Crippen LogP contribution in [0.1, 0.15) is 65.2 Å². The minimum Gasteiger partial charge on any atom is -0.385 e. The Morgan fingerprint density at radius 3 is 2.40 bits per heavy atom. The van der Waals surface area contributed by atoms with Gasteiger partial charge in [0.05, 0.1) is 5.60 Å². The van der Waals surface area contributed by atoms with Crippen molar-refractivity contribution in [2.45, 2.75) is 70.8 Å². The van der Waals surface area contributed by atoms with Gasteiger partial charge >= 0.3 is 0 Å². The van der Waals surface area contributed by atoms with Crippen LogP contribution in [0.3, 0.4) is 0 Å². The summed E-state index contributed by atoms with van der Waals surface area (Å²) in [5, 5.41) is 11.0. The zero-order chi connectivity index (χ0) is 10.9. The van der Waals surface area contributed by atoms with E-state index >= 15 is 0 Å². The largest absolute Gasteiger partial charge is 0.385 e. The number of aliphatic hydroxyl groups is 1. The summed E-state index contributed by atoms with van der Waals surface area (Å²) in [7, 11) is 0. The third kappa shape index (κ3) is 1.87. The lowest BCUT2D eigenvalue weighted by Crippen LogP contribution is -2.48. The molecule has 1 saturated carbocycles. The third-order valence-electron chi connectivity index (χ3n) is 4.53. The van der Waals surface area contributed by atoms with E-state index in [0.29, 0.717) is 0 Å². The highest BCUT2D eigenvalue weighted by atomic mass is 16.3. The van der Waals surface area contributed by atoms with Crippen molar-refractivity contribution in [1.82, 2.24) is 0 Å². The smallest absolute Gasteiger partial charge is 0.0907 e. The molecule has 0 bridgehead atoms. The quantitative estimate of drug-likeness (QED) is 0.649. The first kappa shape index (κ1) is 11.2. The zero-order valence-corrected chi connectivity index (χ0v) is 10.2. The van der Waals surface area contributed by atoms with Gasteiger partial charge in [-0.05, 0) is 49.5 Å². The van der Waals surface area contributed by atoms with E-state index in [9.17, 15) is 5.11 Å². The van der Waals surface area contributed by atoms with Gasteiger partial charge in [-0.2, -0.15) is 0 Å². The second kappa shape index (κ2) is 3.93. The number of allylic oxidation sites excluding steroid dienone is 1. The van der Waals surface area contributed by atoms with Crippen LogP contribution in [0.25, 0.3) is 0 Å². The molecular weight excluding hydrogens is 184 g/mol. The van der Waals surface area contributed by atoms with E-state index in [4.69, 9.17) is 0 Å². The normalized spacial score (nSPS) is 36.1. The SMILES string of the molecule is CC1(C)CCCCC1(O)C1=CCCCC1. The minimum atomic E-state index is -0.494. The third-order valence-corrected chi connectivity index (χ3v) is 4.53. The summed E-state index contributed by atoms with van der Waals surface area (Å²) in [6.45, 7) is 4.48. The standard InChI is InChI=1S/C14H24O/c1-13(2)10-6-7-11-14(13,15)12-8-4-3-5-9-12/h8,15H,3-7,9-11H2,1-2H3. The molecule has 2 aliphatic carbocycles. The van der Waals surface area contributed by atoms with Crippen molar-refractivity contribution in [3.8, 4) is 0 Å². The minimum absolute atomic E-state index is 0.0778. The van der Waals surface area contributed by atoms with Crippen LogP contribution in [-0.4, -0.2) is 10.7 Å². The zero-order valence-electron chi connectivity index (χ0n) is 10.2. The second-order valence-corrected chi connectivity index (χ2v) is 5.93. The molecule has 0 heterocycles. The van der Waals surface area contributed by atoms with Crippen LogP contribution in [0.5, 0.6) is 0 Å². The van der Waals surface area contributed by atoms with Crippen LogP contribution in [0.4, 0.5) is 0 Å². The molecule has 0 aromatic carbocycles. The first-order valence-electron chi connectivity index (χ1n) is 6.48. The van der Waals surface area contributed by atoms with Gasteiger partial charge in [-0.25, -0.2) is 0 Å². The predicted octanol–water partition coefficient (Wildman–Crippen LogP) is 3.82. The van der Waals surface area contributed by atoms with Crippen molar-refractivity contribution in [3.05, 3.63) is 11.6 Å². The first-order chi connectivity index (χ1) is 7.06. The van der Waals surface area contributed by atoms with E-state index in [2.05, 4.69) is 19.9 Å². The average molecular weight is 208 g/mol. The van der Waals surface area contributed by atoms with E-state index in [1.54, 1.807) is 0 Å². The van der Waals surface area contributed by atoms with Crippen LogP contribution in [0.15, 0.2) is 11.6 Å². The number of hydrogen-bond donors (Lipinski definition) is 1. The van der Waals surface area contributed by atoms with E-state index in [-0.39, 0.29) is 5.41 Å². The van der Waals surface area contributed by atoms with Crippen LogP contribution in [0, 0.1) is 5.41 Å². The van der Waals surface area contributed by atoms with Gasteiger partial charge in [0.2, 0.25) is 0 Å². The molecule has 0 radical (unpaired) electrons. The van der Waals surface area contributed by atoms with E-state index < -0.39 is 5.60 Å². The maximum absolute atomic E-state index is 11.0. The molecule has 1 nitrogen and oxygen atoms in total. The Morgan fingerprint density at radius 1 is 1.07 bits per heavy atom. The van der Waals surface area contributed by atoms with Crippen LogP contribution in [-0.2, 0) is 0 Å². The molecule has 2 rings (SSSR count). The van der Waals surface area contributed by atoms with Crippen LogP contribution < -0.4 is 0 Å². The summed E-state index contributed by atoms with van der Waals surface area (Å²) in [4.78, 5) is 0. The Labute approximate surface area is 93.6 Å². The number of hydrogen-bond acceptors (Lipinski definition) is 1.